The molecule has 0 unspecified atom stereocenters. The van der Waals surface area contributed by atoms with Gasteiger partial charge in [0.15, 0.2) is 0 Å². The second-order valence-corrected chi connectivity index (χ2v) is 4.37. The van der Waals surface area contributed by atoms with Gasteiger partial charge in [0.1, 0.15) is 6.10 Å². The Hall–Kier alpha value is 0.0300. The van der Waals surface area contributed by atoms with Crippen LogP contribution in [0.15, 0.2) is 0 Å². The van der Waals surface area contributed by atoms with Gasteiger partial charge in [-0.2, -0.15) is 0 Å². The van der Waals surface area contributed by atoms with Crippen LogP contribution in [0.2, 0.25) is 0 Å². The molecule has 0 rings (SSSR count). The summed E-state index contributed by atoms with van der Waals surface area (Å²) in [5, 5.41) is 8.74. The van der Waals surface area contributed by atoms with E-state index in [2.05, 4.69) is 11.4 Å². The van der Waals surface area contributed by atoms with Gasteiger partial charge < -0.3 is 19.6 Å². The van der Waals surface area contributed by atoms with Crippen LogP contribution in [-0.2, 0) is 13.8 Å². The molecule has 7 heteroatoms. The molecule has 0 aromatic rings. The van der Waals surface area contributed by atoms with Crippen LogP contribution < -0.4 is 0 Å². The highest BCUT2D eigenvalue weighted by molar-refractivity contribution is 7.46. The second kappa shape index (κ2) is 8.21. The maximum atomic E-state index is 10.4. The van der Waals surface area contributed by atoms with Crippen LogP contribution in [0.4, 0.5) is 0 Å². The first-order valence-electron chi connectivity index (χ1n) is 4.92. The van der Waals surface area contributed by atoms with Gasteiger partial charge in [-0.3, -0.25) is 4.52 Å². The highest BCUT2D eigenvalue weighted by Crippen LogP contribution is 2.37. The van der Waals surface area contributed by atoms with E-state index in [1.165, 1.54) is 0 Å². The number of phosphoric acid groups is 1. The van der Waals surface area contributed by atoms with E-state index in [1.807, 2.05) is 0 Å². The van der Waals surface area contributed by atoms with Crippen LogP contribution >= 0.6 is 7.82 Å². The summed E-state index contributed by atoms with van der Waals surface area (Å²) in [6.07, 6.45) is 2.05. The lowest BCUT2D eigenvalue weighted by molar-refractivity contribution is 0.00421. The van der Waals surface area contributed by atoms with Gasteiger partial charge in [0.25, 0.3) is 0 Å². The van der Waals surface area contributed by atoms with Crippen molar-refractivity contribution >= 4 is 7.82 Å². The molecule has 1 atom stereocenters. The van der Waals surface area contributed by atoms with Crippen molar-refractivity contribution in [3.05, 3.63) is 0 Å². The molecule has 0 bridgehead atoms. The highest BCUT2D eigenvalue weighted by Gasteiger charge is 2.21. The Labute approximate surface area is 89.5 Å². The Morgan fingerprint density at radius 1 is 1.33 bits per heavy atom. The van der Waals surface area contributed by atoms with E-state index < -0.39 is 20.5 Å². The molecule has 0 heterocycles. The summed E-state index contributed by atoms with van der Waals surface area (Å²) in [5.74, 6) is 0. The van der Waals surface area contributed by atoms with E-state index in [4.69, 9.17) is 19.6 Å². The number of hydrogen-bond acceptors (Lipinski definition) is 4. The SMILES string of the molecule is CCCCCOC[C@H](CO)OP(=O)(O)O. The Kier molecular flexibility index (Phi) is 8.23. The molecule has 6 nitrogen and oxygen atoms in total. The number of aliphatic hydroxyl groups excluding tert-OH is 1. The lowest BCUT2D eigenvalue weighted by Gasteiger charge is -2.15. The first-order chi connectivity index (χ1) is 6.99. The number of unbranched alkanes of at least 4 members (excludes halogenated alkanes) is 2. The molecule has 0 saturated heterocycles. The van der Waals surface area contributed by atoms with Gasteiger partial charge in [0.05, 0.1) is 13.2 Å². The zero-order chi connectivity index (χ0) is 11.7. The maximum absolute atomic E-state index is 10.4. The van der Waals surface area contributed by atoms with Crippen molar-refractivity contribution < 1.29 is 28.7 Å². The first-order valence-corrected chi connectivity index (χ1v) is 6.45. The minimum absolute atomic E-state index is 0.00861. The molecule has 0 aromatic heterocycles. The standard InChI is InChI=1S/C8H19O6P/c1-2-3-4-5-13-7-8(6-9)14-15(10,11)12/h8-9H,2-7H2,1H3,(H2,10,11,12)/t8-/m0/s1. The van der Waals surface area contributed by atoms with Crippen molar-refractivity contribution in [3.8, 4) is 0 Å². The number of aliphatic hydroxyl groups is 1. The van der Waals surface area contributed by atoms with Gasteiger partial charge >= 0.3 is 7.82 Å². The predicted octanol–water partition coefficient (Wildman–Crippen LogP) is 0.663. The van der Waals surface area contributed by atoms with Crippen molar-refractivity contribution in [3.63, 3.8) is 0 Å². The molecule has 0 fully saturated rings. The van der Waals surface area contributed by atoms with E-state index in [9.17, 15) is 4.57 Å². The van der Waals surface area contributed by atoms with Crippen LogP contribution in [0, 0.1) is 0 Å². The summed E-state index contributed by atoms with van der Waals surface area (Å²) in [6.45, 7) is 2.09. The zero-order valence-corrected chi connectivity index (χ0v) is 9.73. The zero-order valence-electron chi connectivity index (χ0n) is 8.83. The Morgan fingerprint density at radius 3 is 2.47 bits per heavy atom. The molecule has 0 spiro atoms. The fourth-order valence-electron chi connectivity index (χ4n) is 0.980. The van der Waals surface area contributed by atoms with Crippen molar-refractivity contribution in [2.24, 2.45) is 0 Å². The third-order valence-electron chi connectivity index (χ3n) is 1.69. The molecule has 0 aromatic carbocycles. The van der Waals surface area contributed by atoms with Crippen molar-refractivity contribution in [2.75, 3.05) is 19.8 Å². The maximum Gasteiger partial charge on any atom is 0.470 e. The Bertz CT molecular complexity index is 192. The quantitative estimate of drug-likeness (QED) is 0.406. The van der Waals surface area contributed by atoms with Gasteiger partial charge in [-0.1, -0.05) is 19.8 Å². The number of phosphoric ester groups is 1. The summed E-state index contributed by atoms with van der Waals surface area (Å²) >= 11 is 0. The molecule has 0 aliphatic rings. The van der Waals surface area contributed by atoms with E-state index in [0.717, 1.165) is 19.3 Å². The number of hydrogen-bond donors (Lipinski definition) is 3. The summed E-state index contributed by atoms with van der Waals surface area (Å²) in [5.41, 5.74) is 0. The normalized spacial score (nSPS) is 14.1. The largest absolute Gasteiger partial charge is 0.470 e. The lowest BCUT2D eigenvalue weighted by Crippen LogP contribution is -2.23. The summed E-state index contributed by atoms with van der Waals surface area (Å²) in [4.78, 5) is 17.0. The summed E-state index contributed by atoms with van der Waals surface area (Å²) in [7, 11) is -4.54. The third kappa shape index (κ3) is 10.3. The fraction of sp³-hybridized carbons (Fsp3) is 1.00. The van der Waals surface area contributed by atoms with Crippen LogP contribution in [0.5, 0.6) is 0 Å². The second-order valence-electron chi connectivity index (χ2n) is 3.18. The fourth-order valence-corrected chi connectivity index (χ4v) is 1.50. The van der Waals surface area contributed by atoms with E-state index in [1.54, 1.807) is 0 Å². The summed E-state index contributed by atoms with van der Waals surface area (Å²) < 4.78 is 19.8. The third-order valence-corrected chi connectivity index (χ3v) is 2.26. The molecule has 15 heavy (non-hydrogen) atoms. The number of ether oxygens (including phenoxy) is 1. The topological polar surface area (TPSA) is 96.2 Å². The van der Waals surface area contributed by atoms with E-state index >= 15 is 0 Å². The van der Waals surface area contributed by atoms with Crippen LogP contribution in [0.25, 0.3) is 0 Å². The minimum Gasteiger partial charge on any atom is -0.394 e. The van der Waals surface area contributed by atoms with Crippen LogP contribution in [0.3, 0.4) is 0 Å². The van der Waals surface area contributed by atoms with Gasteiger partial charge in [0, 0.05) is 6.61 Å². The highest BCUT2D eigenvalue weighted by atomic mass is 31.2. The number of rotatable bonds is 9. The van der Waals surface area contributed by atoms with E-state index in [0.29, 0.717) is 6.61 Å². The van der Waals surface area contributed by atoms with Crippen molar-refractivity contribution in [1.82, 2.24) is 0 Å². The average Bonchev–Trinajstić information content (AvgIpc) is 2.14. The molecule has 3 N–H and O–H groups in total. The summed E-state index contributed by atoms with van der Waals surface area (Å²) in [6, 6.07) is 0. The Balaban J connectivity index is 3.58. The molecule has 0 amide bonds. The molecule has 0 radical (unpaired) electrons. The molecule has 0 aliphatic carbocycles. The predicted molar refractivity (Wildman–Crippen MR) is 54.3 cm³/mol. The van der Waals surface area contributed by atoms with Crippen LogP contribution in [0.1, 0.15) is 26.2 Å². The van der Waals surface area contributed by atoms with Crippen molar-refractivity contribution in [2.45, 2.75) is 32.3 Å². The molecular weight excluding hydrogens is 223 g/mol. The van der Waals surface area contributed by atoms with Crippen LogP contribution in [-0.4, -0.2) is 40.8 Å². The molecule has 92 valence electrons. The lowest BCUT2D eigenvalue weighted by atomic mass is 10.3. The molecular formula is C8H19O6P. The molecule has 0 saturated carbocycles. The Morgan fingerprint density at radius 2 is 2.00 bits per heavy atom. The van der Waals surface area contributed by atoms with Gasteiger partial charge in [-0.05, 0) is 6.42 Å². The minimum atomic E-state index is -4.54. The molecule has 0 aliphatic heterocycles. The monoisotopic (exact) mass is 242 g/mol. The average molecular weight is 242 g/mol. The first kappa shape index (κ1) is 15.0. The van der Waals surface area contributed by atoms with Crippen molar-refractivity contribution in [1.29, 1.82) is 0 Å². The van der Waals surface area contributed by atoms with Gasteiger partial charge in [-0.15, -0.1) is 0 Å². The van der Waals surface area contributed by atoms with Gasteiger partial charge in [0.2, 0.25) is 0 Å². The van der Waals surface area contributed by atoms with E-state index in [-0.39, 0.29) is 6.61 Å². The smallest absolute Gasteiger partial charge is 0.394 e. The van der Waals surface area contributed by atoms with Gasteiger partial charge in [-0.25, -0.2) is 4.57 Å².